The Bertz CT molecular complexity index is 636. The molecule has 0 fully saturated rings. The second-order valence-electron chi connectivity index (χ2n) is 5.01. The quantitative estimate of drug-likeness (QED) is 0.943. The zero-order valence-electron chi connectivity index (χ0n) is 11.5. The van der Waals surface area contributed by atoms with Crippen molar-refractivity contribution in [2.75, 3.05) is 5.32 Å². The minimum Gasteiger partial charge on any atom is -0.321 e. The normalized spacial score (nSPS) is 13.8. The summed E-state index contributed by atoms with van der Waals surface area (Å²) in [4.78, 5) is 13.0. The maximum atomic E-state index is 12.4. The lowest BCUT2D eigenvalue weighted by Gasteiger charge is -2.19. The predicted octanol–water partition coefficient (Wildman–Crippen LogP) is 3.23. The molecule has 20 heavy (non-hydrogen) atoms. The second-order valence-corrected chi connectivity index (χ2v) is 5.76. The molecule has 0 aliphatic heterocycles. The first-order valence-electron chi connectivity index (χ1n) is 7.03. The van der Waals surface area contributed by atoms with Crippen molar-refractivity contribution in [3.63, 3.8) is 0 Å². The number of rotatable bonds is 3. The van der Waals surface area contributed by atoms with E-state index in [1.54, 1.807) is 0 Å². The van der Waals surface area contributed by atoms with Crippen LogP contribution in [0.5, 0.6) is 0 Å². The molecular formula is C15H17N3OS. The van der Waals surface area contributed by atoms with Crippen molar-refractivity contribution < 1.29 is 4.79 Å². The van der Waals surface area contributed by atoms with E-state index in [4.69, 9.17) is 0 Å². The molecule has 0 radical (unpaired) electrons. The van der Waals surface area contributed by atoms with Crippen LogP contribution in [0.4, 0.5) is 5.69 Å². The Morgan fingerprint density at radius 1 is 1.35 bits per heavy atom. The number of aryl methyl sites for hydroxylation is 2. The van der Waals surface area contributed by atoms with Gasteiger partial charge in [0.05, 0.1) is 5.69 Å². The highest BCUT2D eigenvalue weighted by molar-refractivity contribution is 7.08. The molecular weight excluding hydrogens is 270 g/mol. The Hall–Kier alpha value is -1.75. The molecule has 0 unspecified atom stereocenters. The number of nitrogens with zero attached hydrogens (tertiary/aromatic N) is 2. The molecule has 1 aromatic carbocycles. The average molecular weight is 287 g/mol. The number of amides is 1. The van der Waals surface area contributed by atoms with E-state index in [1.807, 2.05) is 19.1 Å². The summed E-state index contributed by atoms with van der Waals surface area (Å²) in [6.45, 7) is 1.98. The molecule has 0 spiro atoms. The molecule has 1 amide bonds. The highest BCUT2D eigenvalue weighted by atomic mass is 32.1. The molecule has 0 saturated heterocycles. The van der Waals surface area contributed by atoms with E-state index in [0.29, 0.717) is 4.88 Å². The third kappa shape index (κ3) is 2.45. The Morgan fingerprint density at radius 3 is 3.05 bits per heavy atom. The number of nitrogens with one attached hydrogen (secondary N) is 1. The lowest BCUT2D eigenvalue weighted by atomic mass is 9.90. The Morgan fingerprint density at radius 2 is 2.20 bits per heavy atom. The smallest absolute Gasteiger partial charge is 0.269 e. The maximum absolute atomic E-state index is 12.4. The fourth-order valence-electron chi connectivity index (χ4n) is 2.69. The zero-order chi connectivity index (χ0) is 13.9. The number of carbonyl (C=O) groups is 1. The first-order valence-corrected chi connectivity index (χ1v) is 7.80. The van der Waals surface area contributed by atoms with E-state index in [9.17, 15) is 4.79 Å². The molecule has 3 rings (SSSR count). The molecule has 0 bridgehead atoms. The topological polar surface area (TPSA) is 54.9 Å². The van der Waals surface area contributed by atoms with Crippen LogP contribution < -0.4 is 5.32 Å². The fourth-order valence-corrected chi connectivity index (χ4v) is 3.34. The first kappa shape index (κ1) is 13.2. The van der Waals surface area contributed by atoms with Gasteiger partial charge in [0.15, 0.2) is 0 Å². The number of aromatic nitrogens is 2. The highest BCUT2D eigenvalue weighted by Gasteiger charge is 2.18. The van der Waals surface area contributed by atoms with E-state index < -0.39 is 0 Å². The molecule has 0 saturated carbocycles. The van der Waals surface area contributed by atoms with Crippen LogP contribution in [0, 0.1) is 0 Å². The number of benzene rings is 1. The van der Waals surface area contributed by atoms with Crippen LogP contribution in [0.3, 0.4) is 0 Å². The number of hydrogen-bond acceptors (Lipinski definition) is 4. The van der Waals surface area contributed by atoms with Crippen LogP contribution in [0.2, 0.25) is 0 Å². The molecule has 0 atom stereocenters. The number of anilines is 1. The van der Waals surface area contributed by atoms with Gasteiger partial charge in [-0.25, -0.2) is 0 Å². The SMILES string of the molecule is CCc1nnsc1C(=O)Nc1cccc2c1CCCC2. The van der Waals surface area contributed by atoms with Gasteiger partial charge in [0, 0.05) is 5.69 Å². The van der Waals surface area contributed by atoms with E-state index in [2.05, 4.69) is 21.0 Å². The van der Waals surface area contributed by atoms with Gasteiger partial charge in [0.25, 0.3) is 5.91 Å². The van der Waals surface area contributed by atoms with Gasteiger partial charge in [-0.2, -0.15) is 0 Å². The molecule has 1 aliphatic carbocycles. The van der Waals surface area contributed by atoms with Gasteiger partial charge >= 0.3 is 0 Å². The van der Waals surface area contributed by atoms with Gasteiger partial charge in [-0.15, -0.1) is 5.10 Å². The summed E-state index contributed by atoms with van der Waals surface area (Å²) in [5, 5.41) is 7.03. The van der Waals surface area contributed by atoms with Crippen LogP contribution in [-0.2, 0) is 19.3 Å². The summed E-state index contributed by atoms with van der Waals surface area (Å²) in [5.41, 5.74) is 4.38. The molecule has 2 aromatic rings. The molecule has 1 heterocycles. The van der Waals surface area contributed by atoms with Gasteiger partial charge in [0.1, 0.15) is 4.88 Å². The van der Waals surface area contributed by atoms with Crippen molar-refractivity contribution in [3.05, 3.63) is 39.9 Å². The van der Waals surface area contributed by atoms with Crippen LogP contribution in [-0.4, -0.2) is 15.5 Å². The lowest BCUT2D eigenvalue weighted by molar-refractivity contribution is 0.102. The Kier molecular flexibility index (Phi) is 3.78. The van der Waals surface area contributed by atoms with Crippen LogP contribution in [0.25, 0.3) is 0 Å². The van der Waals surface area contributed by atoms with Crippen molar-refractivity contribution in [3.8, 4) is 0 Å². The van der Waals surface area contributed by atoms with Crippen molar-refractivity contribution in [1.29, 1.82) is 0 Å². The predicted molar refractivity (Wildman–Crippen MR) is 80.3 cm³/mol. The Labute approximate surface area is 122 Å². The first-order chi connectivity index (χ1) is 9.79. The third-order valence-electron chi connectivity index (χ3n) is 3.74. The maximum Gasteiger partial charge on any atom is 0.269 e. The minimum atomic E-state index is -0.0872. The highest BCUT2D eigenvalue weighted by Crippen LogP contribution is 2.28. The molecule has 1 aromatic heterocycles. The number of hydrogen-bond donors (Lipinski definition) is 1. The second kappa shape index (κ2) is 5.71. The van der Waals surface area contributed by atoms with Crippen LogP contribution in [0.15, 0.2) is 18.2 Å². The van der Waals surface area contributed by atoms with E-state index in [0.717, 1.165) is 30.6 Å². The summed E-state index contributed by atoms with van der Waals surface area (Å²) in [6, 6.07) is 6.17. The van der Waals surface area contributed by atoms with Crippen molar-refractivity contribution >= 4 is 23.1 Å². The molecule has 4 nitrogen and oxygen atoms in total. The minimum absolute atomic E-state index is 0.0872. The summed E-state index contributed by atoms with van der Waals surface area (Å²) in [5.74, 6) is -0.0872. The molecule has 104 valence electrons. The summed E-state index contributed by atoms with van der Waals surface area (Å²) < 4.78 is 3.87. The third-order valence-corrected chi connectivity index (χ3v) is 4.51. The monoisotopic (exact) mass is 287 g/mol. The molecule has 1 N–H and O–H groups in total. The van der Waals surface area contributed by atoms with E-state index in [-0.39, 0.29) is 5.91 Å². The van der Waals surface area contributed by atoms with Crippen molar-refractivity contribution in [2.24, 2.45) is 0 Å². The summed E-state index contributed by atoms with van der Waals surface area (Å²) in [7, 11) is 0. The van der Waals surface area contributed by atoms with Crippen molar-refractivity contribution in [2.45, 2.75) is 39.0 Å². The van der Waals surface area contributed by atoms with Gasteiger partial charge in [-0.1, -0.05) is 23.5 Å². The standard InChI is InChI=1S/C15H17N3OS/c1-2-12-14(20-18-17-12)15(19)16-13-9-5-7-10-6-3-4-8-11(10)13/h5,7,9H,2-4,6,8H2,1H3,(H,16,19). The zero-order valence-corrected chi connectivity index (χ0v) is 12.3. The lowest BCUT2D eigenvalue weighted by Crippen LogP contribution is -2.15. The van der Waals surface area contributed by atoms with E-state index >= 15 is 0 Å². The van der Waals surface area contributed by atoms with Gasteiger partial charge in [0.2, 0.25) is 0 Å². The average Bonchev–Trinajstić information content (AvgIpc) is 2.96. The van der Waals surface area contributed by atoms with Gasteiger partial charge in [-0.05, 0) is 60.8 Å². The molecule has 5 heteroatoms. The fraction of sp³-hybridized carbons (Fsp3) is 0.400. The summed E-state index contributed by atoms with van der Waals surface area (Å²) in [6.07, 6.45) is 5.33. The van der Waals surface area contributed by atoms with Gasteiger partial charge < -0.3 is 5.32 Å². The summed E-state index contributed by atoms with van der Waals surface area (Å²) >= 11 is 1.17. The van der Waals surface area contributed by atoms with Crippen molar-refractivity contribution in [1.82, 2.24) is 9.59 Å². The van der Waals surface area contributed by atoms with E-state index in [1.165, 1.54) is 35.5 Å². The number of fused-ring (bicyclic) bond motifs is 1. The largest absolute Gasteiger partial charge is 0.321 e. The number of carbonyl (C=O) groups excluding carboxylic acids is 1. The Balaban J connectivity index is 1.86. The van der Waals surface area contributed by atoms with Crippen LogP contribution in [0.1, 0.15) is 46.3 Å². The van der Waals surface area contributed by atoms with Gasteiger partial charge in [-0.3, -0.25) is 4.79 Å². The molecule has 1 aliphatic rings. The van der Waals surface area contributed by atoms with Crippen LogP contribution >= 0.6 is 11.5 Å².